The summed E-state index contributed by atoms with van der Waals surface area (Å²) >= 11 is 0. The number of H-pyrrole nitrogens is 1. The normalized spacial score (nSPS) is 14.6. The van der Waals surface area contributed by atoms with Gasteiger partial charge in [-0.2, -0.15) is 13.2 Å². The summed E-state index contributed by atoms with van der Waals surface area (Å²) in [4.78, 5) is 26.3. The van der Waals surface area contributed by atoms with Crippen molar-refractivity contribution in [1.82, 2.24) is 19.9 Å². The van der Waals surface area contributed by atoms with Crippen molar-refractivity contribution in [3.05, 3.63) is 83.2 Å². The lowest BCUT2D eigenvalue weighted by atomic mass is 10.1. The number of hydrogen-bond donors (Lipinski definition) is 3. The van der Waals surface area contributed by atoms with Crippen LogP contribution in [0, 0.1) is 12.3 Å². The number of aromatic amines is 1. The van der Waals surface area contributed by atoms with Gasteiger partial charge in [0.1, 0.15) is 0 Å². The molecule has 2 aromatic heterocycles. The van der Waals surface area contributed by atoms with Crippen molar-refractivity contribution < 1.29 is 22.7 Å². The summed E-state index contributed by atoms with van der Waals surface area (Å²) in [5.41, 5.74) is 1.10. The number of rotatable bonds is 6. The summed E-state index contributed by atoms with van der Waals surface area (Å²) in [7, 11) is 0. The number of morpholine rings is 1. The SMILES string of the molecule is Cc1ncc(NC(=O)c2cccc(C(F)(F)F)c2)cc1C(=N)/C=C(\c1ncc[nH]1)N1CCOCC1. The molecule has 0 unspecified atom stereocenters. The van der Waals surface area contributed by atoms with E-state index in [1.807, 2.05) is 0 Å². The minimum absolute atomic E-state index is 0.135. The van der Waals surface area contributed by atoms with Crippen LogP contribution in [-0.4, -0.2) is 57.8 Å². The number of hydrogen-bond acceptors (Lipinski definition) is 6. The standard InChI is InChI=1S/C24H23F3N6O2/c1-15-19(20(28)13-21(22-29-5-6-30-22)33-7-9-35-10-8-33)12-18(14-31-15)32-23(34)16-3-2-4-17(11-16)24(25,26)27/h2-6,11-14,28H,7-10H2,1H3,(H,29,30)(H,32,34)/b21-13+,28-20?. The average molecular weight is 484 g/mol. The van der Waals surface area contributed by atoms with Gasteiger partial charge in [-0.1, -0.05) is 6.07 Å². The molecule has 3 N–H and O–H groups in total. The first kappa shape index (κ1) is 24.1. The Balaban J connectivity index is 1.59. The molecular weight excluding hydrogens is 461 g/mol. The topological polar surface area (TPSA) is 107 Å². The monoisotopic (exact) mass is 484 g/mol. The van der Waals surface area contributed by atoms with Gasteiger partial charge in [-0.3, -0.25) is 9.78 Å². The number of halogens is 3. The van der Waals surface area contributed by atoms with E-state index < -0.39 is 17.6 Å². The largest absolute Gasteiger partial charge is 0.416 e. The number of alkyl halides is 3. The van der Waals surface area contributed by atoms with Crippen LogP contribution in [0.5, 0.6) is 0 Å². The molecular formula is C24H23F3N6O2. The third-order valence-electron chi connectivity index (χ3n) is 5.46. The molecule has 1 fully saturated rings. The fourth-order valence-electron chi connectivity index (χ4n) is 3.65. The number of ether oxygens (including phenoxy) is 1. The summed E-state index contributed by atoms with van der Waals surface area (Å²) in [6.07, 6.45) is 1.85. The van der Waals surface area contributed by atoms with E-state index >= 15 is 0 Å². The number of anilines is 1. The number of benzene rings is 1. The molecule has 0 bridgehead atoms. The minimum atomic E-state index is -4.55. The lowest BCUT2D eigenvalue weighted by molar-refractivity contribution is -0.137. The molecule has 1 aliphatic rings. The van der Waals surface area contributed by atoms with Gasteiger partial charge in [-0.15, -0.1) is 0 Å². The predicted molar refractivity (Wildman–Crippen MR) is 124 cm³/mol. The second-order valence-electron chi connectivity index (χ2n) is 7.87. The Bertz CT molecular complexity index is 1250. The number of nitrogens with one attached hydrogen (secondary N) is 3. The van der Waals surface area contributed by atoms with Crippen molar-refractivity contribution in [1.29, 1.82) is 5.41 Å². The molecule has 1 amide bonds. The number of carbonyl (C=O) groups excluding carboxylic acids is 1. The molecule has 11 heteroatoms. The fourth-order valence-corrected chi connectivity index (χ4v) is 3.65. The Morgan fingerprint density at radius 3 is 2.69 bits per heavy atom. The molecule has 3 heterocycles. The molecule has 4 rings (SSSR count). The third-order valence-corrected chi connectivity index (χ3v) is 5.46. The maximum absolute atomic E-state index is 13.0. The van der Waals surface area contributed by atoms with Gasteiger partial charge in [0, 0.05) is 42.3 Å². The molecule has 0 saturated carbocycles. The van der Waals surface area contributed by atoms with Gasteiger partial charge in [-0.25, -0.2) is 4.98 Å². The zero-order valence-electron chi connectivity index (χ0n) is 18.8. The third kappa shape index (κ3) is 5.75. The van der Waals surface area contributed by atoms with Crippen LogP contribution in [0.2, 0.25) is 0 Å². The highest BCUT2D eigenvalue weighted by atomic mass is 19.4. The van der Waals surface area contributed by atoms with E-state index in [4.69, 9.17) is 10.1 Å². The van der Waals surface area contributed by atoms with Gasteiger partial charge in [-0.05, 0) is 37.3 Å². The van der Waals surface area contributed by atoms with Crippen LogP contribution in [0.15, 0.2) is 55.0 Å². The summed E-state index contributed by atoms with van der Waals surface area (Å²) in [6, 6.07) is 5.75. The first-order valence-corrected chi connectivity index (χ1v) is 10.8. The first-order valence-electron chi connectivity index (χ1n) is 10.8. The Morgan fingerprint density at radius 2 is 2.00 bits per heavy atom. The maximum Gasteiger partial charge on any atom is 0.416 e. The van der Waals surface area contributed by atoms with E-state index in [-0.39, 0.29) is 17.0 Å². The highest BCUT2D eigenvalue weighted by Crippen LogP contribution is 2.29. The first-order chi connectivity index (χ1) is 16.7. The molecule has 0 radical (unpaired) electrons. The van der Waals surface area contributed by atoms with Gasteiger partial charge in [0.2, 0.25) is 0 Å². The van der Waals surface area contributed by atoms with Crippen molar-refractivity contribution in [2.24, 2.45) is 0 Å². The van der Waals surface area contributed by atoms with Crippen LogP contribution in [0.25, 0.3) is 5.70 Å². The zero-order chi connectivity index (χ0) is 25.0. The van der Waals surface area contributed by atoms with E-state index in [9.17, 15) is 18.0 Å². The molecule has 1 saturated heterocycles. The molecule has 1 aromatic carbocycles. The Labute approximate surface area is 199 Å². The van der Waals surface area contributed by atoms with Gasteiger partial charge in [0.25, 0.3) is 5.91 Å². The Morgan fingerprint density at radius 1 is 1.23 bits per heavy atom. The Hall–Kier alpha value is -3.99. The van der Waals surface area contributed by atoms with Crippen LogP contribution in [0.3, 0.4) is 0 Å². The second kappa shape index (κ2) is 10.1. The van der Waals surface area contributed by atoms with Crippen molar-refractivity contribution >= 4 is 23.0 Å². The number of carbonyl (C=O) groups is 1. The number of pyridine rings is 1. The molecule has 3 aromatic rings. The van der Waals surface area contributed by atoms with E-state index in [0.717, 1.165) is 17.8 Å². The highest BCUT2D eigenvalue weighted by Gasteiger charge is 2.31. The number of imidazole rings is 1. The van der Waals surface area contributed by atoms with E-state index in [2.05, 4.69) is 25.2 Å². The van der Waals surface area contributed by atoms with Gasteiger partial charge in [0.05, 0.1) is 42.1 Å². The molecule has 0 aliphatic carbocycles. The maximum atomic E-state index is 13.0. The van der Waals surface area contributed by atoms with E-state index in [0.29, 0.717) is 43.4 Å². The molecule has 0 atom stereocenters. The van der Waals surface area contributed by atoms with Crippen LogP contribution in [0.4, 0.5) is 18.9 Å². The highest BCUT2D eigenvalue weighted by molar-refractivity contribution is 6.11. The number of amides is 1. The van der Waals surface area contributed by atoms with Crippen LogP contribution >= 0.6 is 0 Å². The average Bonchev–Trinajstić information content (AvgIpc) is 3.38. The van der Waals surface area contributed by atoms with E-state index in [1.54, 1.807) is 31.5 Å². The summed E-state index contributed by atoms with van der Waals surface area (Å²) in [6.45, 7) is 4.14. The fraction of sp³-hybridized carbons (Fsp3) is 0.250. The molecule has 35 heavy (non-hydrogen) atoms. The minimum Gasteiger partial charge on any atom is -0.378 e. The number of nitrogens with zero attached hydrogens (tertiary/aromatic N) is 3. The number of aryl methyl sites for hydroxylation is 1. The molecule has 0 spiro atoms. The smallest absolute Gasteiger partial charge is 0.378 e. The van der Waals surface area contributed by atoms with Crippen molar-refractivity contribution in [3.8, 4) is 0 Å². The predicted octanol–water partition coefficient (Wildman–Crippen LogP) is 4.13. The van der Waals surface area contributed by atoms with Crippen LogP contribution in [0.1, 0.15) is 33.0 Å². The number of allylic oxidation sites excluding steroid dienone is 1. The second-order valence-corrected chi connectivity index (χ2v) is 7.87. The van der Waals surface area contributed by atoms with E-state index in [1.165, 1.54) is 18.3 Å². The molecule has 8 nitrogen and oxygen atoms in total. The Kier molecular flexibility index (Phi) is 6.97. The van der Waals surface area contributed by atoms with Gasteiger partial charge in [0.15, 0.2) is 5.82 Å². The summed E-state index contributed by atoms with van der Waals surface area (Å²) in [5.74, 6) is -0.101. The molecule has 182 valence electrons. The van der Waals surface area contributed by atoms with Crippen molar-refractivity contribution in [3.63, 3.8) is 0 Å². The summed E-state index contributed by atoms with van der Waals surface area (Å²) < 4.78 is 44.4. The number of aromatic nitrogens is 3. The quantitative estimate of drug-likeness (QED) is 0.456. The summed E-state index contributed by atoms with van der Waals surface area (Å²) in [5, 5.41) is 11.3. The van der Waals surface area contributed by atoms with Gasteiger partial charge < -0.3 is 25.3 Å². The van der Waals surface area contributed by atoms with Crippen LogP contribution < -0.4 is 5.32 Å². The molecule has 1 aliphatic heterocycles. The van der Waals surface area contributed by atoms with Crippen molar-refractivity contribution in [2.75, 3.05) is 31.6 Å². The lowest BCUT2D eigenvalue weighted by Crippen LogP contribution is -2.35. The zero-order valence-corrected chi connectivity index (χ0v) is 18.8. The lowest BCUT2D eigenvalue weighted by Gasteiger charge is -2.30. The van der Waals surface area contributed by atoms with Gasteiger partial charge >= 0.3 is 6.18 Å². The van der Waals surface area contributed by atoms with Crippen LogP contribution in [-0.2, 0) is 10.9 Å². The van der Waals surface area contributed by atoms with Crippen molar-refractivity contribution in [2.45, 2.75) is 13.1 Å².